The van der Waals surface area contributed by atoms with Crippen LogP contribution in [-0.4, -0.2) is 25.5 Å². The van der Waals surface area contributed by atoms with E-state index in [0.29, 0.717) is 0 Å². The second kappa shape index (κ2) is 11.2. The first-order chi connectivity index (χ1) is 12.0. The molecular weight excluding hydrogens is 302 g/mol. The van der Waals surface area contributed by atoms with Gasteiger partial charge >= 0.3 is 0 Å². The van der Waals surface area contributed by atoms with Crippen molar-refractivity contribution in [3.8, 4) is 0 Å². The van der Waals surface area contributed by atoms with Crippen molar-refractivity contribution in [2.24, 2.45) is 17.8 Å². The molecule has 1 nitrogen and oxygen atoms in total. The zero-order chi connectivity index (χ0) is 19.0. The van der Waals surface area contributed by atoms with Crippen molar-refractivity contribution in [2.75, 3.05) is 20.6 Å². The average molecular weight is 348 g/mol. The second-order valence-electron chi connectivity index (χ2n) is 8.23. The second-order valence-corrected chi connectivity index (χ2v) is 8.23. The molecular formula is C24H45N. The van der Waals surface area contributed by atoms with E-state index in [-0.39, 0.29) is 0 Å². The van der Waals surface area contributed by atoms with Crippen molar-refractivity contribution in [1.82, 2.24) is 4.90 Å². The van der Waals surface area contributed by atoms with Crippen molar-refractivity contribution in [3.05, 3.63) is 22.3 Å². The Balaban J connectivity index is 3.42. The predicted molar refractivity (Wildman–Crippen MR) is 114 cm³/mol. The summed E-state index contributed by atoms with van der Waals surface area (Å²) >= 11 is 0. The highest BCUT2D eigenvalue weighted by atomic mass is 15.0. The molecule has 0 aromatic carbocycles. The van der Waals surface area contributed by atoms with Gasteiger partial charge in [0.05, 0.1) is 0 Å². The molecule has 1 heteroatoms. The highest BCUT2D eigenvalue weighted by Gasteiger charge is 2.33. The molecule has 0 saturated heterocycles. The Morgan fingerprint density at radius 1 is 0.680 bits per heavy atom. The van der Waals surface area contributed by atoms with Crippen LogP contribution in [0.2, 0.25) is 0 Å². The third-order valence-corrected chi connectivity index (χ3v) is 6.55. The molecule has 1 aliphatic rings. The SMILES string of the molecule is CCC(CC)C1=C(C(CC)CC)C(C(CC)CC)=C(CCN(C)C)C1. The number of nitrogens with zero attached hydrogens (tertiary/aromatic N) is 1. The Morgan fingerprint density at radius 2 is 1.12 bits per heavy atom. The lowest BCUT2D eigenvalue weighted by Gasteiger charge is -2.28. The van der Waals surface area contributed by atoms with Gasteiger partial charge in [0.1, 0.15) is 0 Å². The van der Waals surface area contributed by atoms with Gasteiger partial charge in [0.15, 0.2) is 0 Å². The Morgan fingerprint density at radius 3 is 1.52 bits per heavy atom. The lowest BCUT2D eigenvalue weighted by molar-refractivity contribution is 0.409. The highest BCUT2D eigenvalue weighted by molar-refractivity contribution is 5.51. The molecule has 1 aliphatic carbocycles. The molecule has 0 radical (unpaired) electrons. The molecule has 146 valence electrons. The summed E-state index contributed by atoms with van der Waals surface area (Å²) in [5.41, 5.74) is 7.24. The first kappa shape index (κ1) is 22.5. The third kappa shape index (κ3) is 5.46. The normalized spacial score (nSPS) is 15.8. The van der Waals surface area contributed by atoms with Crippen LogP contribution in [0.15, 0.2) is 22.3 Å². The van der Waals surface area contributed by atoms with Crippen LogP contribution in [-0.2, 0) is 0 Å². The highest BCUT2D eigenvalue weighted by Crippen LogP contribution is 2.48. The fraction of sp³-hybridized carbons (Fsp3) is 0.833. The van der Waals surface area contributed by atoms with Gasteiger partial charge in [-0.2, -0.15) is 0 Å². The van der Waals surface area contributed by atoms with Crippen LogP contribution in [0, 0.1) is 17.8 Å². The van der Waals surface area contributed by atoms with Gasteiger partial charge in [-0.05, 0) is 94.4 Å². The lowest BCUT2D eigenvalue weighted by atomic mass is 9.77. The molecule has 0 aromatic heterocycles. The van der Waals surface area contributed by atoms with Crippen LogP contribution in [0.3, 0.4) is 0 Å². The molecule has 0 bridgehead atoms. The molecule has 0 heterocycles. The largest absolute Gasteiger partial charge is 0.309 e. The summed E-state index contributed by atoms with van der Waals surface area (Å²) < 4.78 is 0. The molecule has 0 unspecified atom stereocenters. The van der Waals surface area contributed by atoms with Crippen LogP contribution < -0.4 is 0 Å². The fourth-order valence-corrected chi connectivity index (χ4v) is 4.90. The van der Waals surface area contributed by atoms with Gasteiger partial charge in [0.25, 0.3) is 0 Å². The van der Waals surface area contributed by atoms with Crippen molar-refractivity contribution < 1.29 is 0 Å². The van der Waals surface area contributed by atoms with E-state index in [1.807, 2.05) is 16.7 Å². The molecule has 0 spiro atoms. The summed E-state index contributed by atoms with van der Waals surface area (Å²) in [7, 11) is 4.42. The van der Waals surface area contributed by atoms with E-state index in [1.165, 1.54) is 57.9 Å². The Hall–Kier alpha value is -0.560. The minimum Gasteiger partial charge on any atom is -0.309 e. The first-order valence-corrected chi connectivity index (χ1v) is 11.1. The van der Waals surface area contributed by atoms with Crippen molar-refractivity contribution in [3.63, 3.8) is 0 Å². The zero-order valence-corrected chi connectivity index (χ0v) is 18.5. The van der Waals surface area contributed by atoms with E-state index >= 15 is 0 Å². The lowest BCUT2D eigenvalue weighted by Crippen LogP contribution is -2.16. The van der Waals surface area contributed by atoms with Crippen LogP contribution in [0.1, 0.15) is 92.9 Å². The molecule has 0 N–H and O–H groups in total. The quantitative estimate of drug-likeness (QED) is 0.359. The monoisotopic (exact) mass is 347 g/mol. The molecule has 0 saturated carbocycles. The predicted octanol–water partition coefficient (Wildman–Crippen LogP) is 7.24. The molecule has 1 rings (SSSR count). The van der Waals surface area contributed by atoms with Crippen molar-refractivity contribution >= 4 is 0 Å². The maximum atomic E-state index is 2.40. The third-order valence-electron chi connectivity index (χ3n) is 6.55. The number of allylic oxidation sites excluding steroid dienone is 3. The minimum absolute atomic E-state index is 0.764. The van der Waals surface area contributed by atoms with E-state index in [0.717, 1.165) is 17.8 Å². The summed E-state index contributed by atoms with van der Waals surface area (Å²) in [6.45, 7) is 15.5. The zero-order valence-electron chi connectivity index (χ0n) is 18.5. The Labute approximate surface area is 159 Å². The molecule has 0 amide bonds. The Bertz CT molecular complexity index is 443. The summed E-state index contributed by atoms with van der Waals surface area (Å²) in [4.78, 5) is 2.35. The number of rotatable bonds is 12. The van der Waals surface area contributed by atoms with Gasteiger partial charge in [0.2, 0.25) is 0 Å². The van der Waals surface area contributed by atoms with E-state index in [9.17, 15) is 0 Å². The van der Waals surface area contributed by atoms with E-state index < -0.39 is 0 Å². The van der Waals surface area contributed by atoms with Gasteiger partial charge in [-0.1, -0.05) is 52.7 Å². The summed E-state index contributed by atoms with van der Waals surface area (Å²) in [5.74, 6) is 2.32. The number of hydrogen-bond acceptors (Lipinski definition) is 1. The van der Waals surface area contributed by atoms with Gasteiger partial charge < -0.3 is 4.90 Å². The first-order valence-electron chi connectivity index (χ1n) is 11.1. The molecule has 0 aliphatic heterocycles. The summed E-state index contributed by atoms with van der Waals surface area (Å²) in [5, 5.41) is 0. The summed E-state index contributed by atoms with van der Waals surface area (Å²) in [6.07, 6.45) is 10.3. The topological polar surface area (TPSA) is 3.24 Å². The maximum Gasteiger partial charge on any atom is 0.00128 e. The molecule has 25 heavy (non-hydrogen) atoms. The summed E-state index contributed by atoms with van der Waals surface area (Å²) in [6, 6.07) is 0. The van der Waals surface area contributed by atoms with Crippen LogP contribution in [0.25, 0.3) is 0 Å². The number of hydrogen-bond donors (Lipinski definition) is 0. The smallest absolute Gasteiger partial charge is 0.00128 e. The van der Waals surface area contributed by atoms with Crippen molar-refractivity contribution in [2.45, 2.75) is 92.9 Å². The minimum atomic E-state index is 0.764. The van der Waals surface area contributed by atoms with Gasteiger partial charge in [-0.15, -0.1) is 0 Å². The molecule has 0 atom stereocenters. The van der Waals surface area contributed by atoms with Crippen LogP contribution in [0.4, 0.5) is 0 Å². The van der Waals surface area contributed by atoms with Crippen LogP contribution >= 0.6 is 0 Å². The fourth-order valence-electron chi connectivity index (χ4n) is 4.90. The van der Waals surface area contributed by atoms with E-state index in [4.69, 9.17) is 0 Å². The van der Waals surface area contributed by atoms with Gasteiger partial charge in [-0.25, -0.2) is 0 Å². The van der Waals surface area contributed by atoms with Gasteiger partial charge in [-0.3, -0.25) is 0 Å². The Kier molecular flexibility index (Phi) is 10.1. The van der Waals surface area contributed by atoms with Crippen LogP contribution in [0.5, 0.6) is 0 Å². The standard InChI is InChI=1S/C24H45N/c1-9-18(10-2)22-17-21(15-16-25(7)8)23(19(11-3)12-4)24(22)20(13-5)14-6/h18-20H,9-17H2,1-8H3. The molecule has 0 aromatic rings. The van der Waals surface area contributed by atoms with Crippen molar-refractivity contribution in [1.29, 1.82) is 0 Å². The average Bonchev–Trinajstić information content (AvgIpc) is 2.96. The van der Waals surface area contributed by atoms with Gasteiger partial charge in [0, 0.05) is 6.54 Å². The molecule has 0 fully saturated rings. The maximum absolute atomic E-state index is 2.40. The van der Waals surface area contributed by atoms with E-state index in [2.05, 4.69) is 60.5 Å². The van der Waals surface area contributed by atoms with E-state index in [1.54, 1.807) is 5.57 Å².